The van der Waals surface area contributed by atoms with Crippen LogP contribution in [-0.4, -0.2) is 48.0 Å². The Bertz CT molecular complexity index is 1030. The standard InChI is InChI=1S/C18H18N4O5S/c1-22-8-10(7-19-22)17-21-13(9-28-17)16(23)20-12-6-15(26-3)14(25-2)5-11(12)18(24)27-4/h5-9H,1-4H3,(H,20,23). The highest BCUT2D eigenvalue weighted by Crippen LogP contribution is 2.34. The molecule has 0 fully saturated rings. The maximum absolute atomic E-state index is 12.7. The van der Waals surface area contributed by atoms with Crippen LogP contribution in [-0.2, 0) is 11.8 Å². The fourth-order valence-corrected chi connectivity index (χ4v) is 3.27. The van der Waals surface area contributed by atoms with E-state index in [0.717, 1.165) is 5.56 Å². The molecule has 0 aliphatic heterocycles. The third kappa shape index (κ3) is 3.81. The number of aromatic nitrogens is 3. The molecule has 1 N–H and O–H groups in total. The number of esters is 1. The van der Waals surface area contributed by atoms with E-state index in [1.165, 1.54) is 44.8 Å². The van der Waals surface area contributed by atoms with E-state index in [9.17, 15) is 9.59 Å². The second-order valence-corrected chi connectivity index (χ2v) is 6.50. The number of thiazole rings is 1. The molecule has 9 nitrogen and oxygen atoms in total. The van der Waals surface area contributed by atoms with Crippen LogP contribution >= 0.6 is 11.3 Å². The van der Waals surface area contributed by atoms with E-state index in [1.54, 1.807) is 23.3 Å². The number of aryl methyl sites for hydroxylation is 1. The summed E-state index contributed by atoms with van der Waals surface area (Å²) in [6.45, 7) is 0. The smallest absolute Gasteiger partial charge is 0.340 e. The molecule has 0 aliphatic carbocycles. The quantitative estimate of drug-likeness (QED) is 0.632. The molecule has 1 amide bonds. The lowest BCUT2D eigenvalue weighted by atomic mass is 10.1. The zero-order chi connectivity index (χ0) is 20.3. The Morgan fingerprint density at radius 3 is 2.46 bits per heavy atom. The van der Waals surface area contributed by atoms with E-state index in [1.807, 2.05) is 6.20 Å². The number of rotatable bonds is 6. The molecule has 3 aromatic rings. The lowest BCUT2D eigenvalue weighted by Gasteiger charge is -2.14. The number of nitrogens with zero attached hydrogens (tertiary/aromatic N) is 3. The summed E-state index contributed by atoms with van der Waals surface area (Å²) in [6.07, 6.45) is 3.48. The summed E-state index contributed by atoms with van der Waals surface area (Å²) < 4.78 is 16.9. The number of carbonyl (C=O) groups excluding carboxylic acids is 2. The summed E-state index contributed by atoms with van der Waals surface area (Å²) in [5, 5.41) is 9.08. The molecule has 146 valence electrons. The Kier molecular flexibility index (Phi) is 5.59. The fraction of sp³-hybridized carbons (Fsp3) is 0.222. The molecular formula is C18H18N4O5S. The second kappa shape index (κ2) is 8.09. The van der Waals surface area contributed by atoms with Crippen LogP contribution in [0.25, 0.3) is 10.6 Å². The van der Waals surface area contributed by atoms with Gasteiger partial charge in [0, 0.05) is 36.3 Å². The minimum absolute atomic E-state index is 0.135. The lowest BCUT2D eigenvalue weighted by Crippen LogP contribution is -2.16. The lowest BCUT2D eigenvalue weighted by molar-refractivity contribution is 0.0601. The minimum Gasteiger partial charge on any atom is -0.493 e. The number of amides is 1. The van der Waals surface area contributed by atoms with Crippen molar-refractivity contribution in [2.75, 3.05) is 26.6 Å². The SMILES string of the molecule is COC(=O)c1cc(OC)c(OC)cc1NC(=O)c1csc(-c2cnn(C)c2)n1. The average Bonchev–Trinajstić information content (AvgIpc) is 3.36. The van der Waals surface area contributed by atoms with Gasteiger partial charge >= 0.3 is 5.97 Å². The highest BCUT2D eigenvalue weighted by molar-refractivity contribution is 7.13. The molecule has 3 rings (SSSR count). The van der Waals surface area contributed by atoms with E-state index in [-0.39, 0.29) is 16.9 Å². The largest absolute Gasteiger partial charge is 0.493 e. The minimum atomic E-state index is -0.620. The van der Waals surface area contributed by atoms with Gasteiger partial charge in [-0.15, -0.1) is 11.3 Å². The van der Waals surface area contributed by atoms with Crippen molar-refractivity contribution in [1.29, 1.82) is 0 Å². The summed E-state index contributed by atoms with van der Waals surface area (Å²) in [4.78, 5) is 29.1. The highest BCUT2D eigenvalue weighted by Gasteiger charge is 2.21. The molecule has 1 aromatic carbocycles. The molecule has 0 radical (unpaired) electrons. The summed E-state index contributed by atoms with van der Waals surface area (Å²) in [5.41, 5.74) is 1.39. The molecule has 10 heteroatoms. The van der Waals surface area contributed by atoms with E-state index in [0.29, 0.717) is 16.5 Å². The first-order valence-electron chi connectivity index (χ1n) is 8.07. The highest BCUT2D eigenvalue weighted by atomic mass is 32.1. The van der Waals surface area contributed by atoms with Crippen LogP contribution in [0.15, 0.2) is 29.9 Å². The molecule has 0 spiro atoms. The molecule has 0 bridgehead atoms. The number of nitrogens with one attached hydrogen (secondary N) is 1. The van der Waals surface area contributed by atoms with E-state index in [2.05, 4.69) is 15.4 Å². The van der Waals surface area contributed by atoms with Gasteiger partial charge < -0.3 is 19.5 Å². The van der Waals surface area contributed by atoms with Crippen LogP contribution < -0.4 is 14.8 Å². The number of carbonyl (C=O) groups is 2. The Morgan fingerprint density at radius 1 is 1.14 bits per heavy atom. The van der Waals surface area contributed by atoms with Crippen molar-refractivity contribution in [1.82, 2.24) is 14.8 Å². The average molecular weight is 402 g/mol. The van der Waals surface area contributed by atoms with Gasteiger partial charge in [0.25, 0.3) is 5.91 Å². The molecular weight excluding hydrogens is 384 g/mol. The van der Waals surface area contributed by atoms with Gasteiger partial charge in [-0.2, -0.15) is 5.10 Å². The van der Waals surface area contributed by atoms with Crippen LogP contribution in [0.1, 0.15) is 20.8 Å². The topological polar surface area (TPSA) is 105 Å². The molecule has 0 unspecified atom stereocenters. The van der Waals surface area contributed by atoms with Crippen LogP contribution in [0.3, 0.4) is 0 Å². The summed E-state index contributed by atoms with van der Waals surface area (Å²) in [5.74, 6) is -0.387. The van der Waals surface area contributed by atoms with Gasteiger partial charge in [-0.3, -0.25) is 9.48 Å². The van der Waals surface area contributed by atoms with Crippen LogP contribution in [0, 0.1) is 0 Å². The van der Waals surface area contributed by atoms with Gasteiger partial charge in [0.05, 0.1) is 38.8 Å². The zero-order valence-electron chi connectivity index (χ0n) is 15.7. The van der Waals surface area contributed by atoms with Gasteiger partial charge in [0.2, 0.25) is 0 Å². The van der Waals surface area contributed by atoms with Gasteiger partial charge in [-0.25, -0.2) is 9.78 Å². The Labute approximate surface area is 164 Å². The van der Waals surface area contributed by atoms with E-state index in [4.69, 9.17) is 14.2 Å². The van der Waals surface area contributed by atoms with Crippen molar-refractivity contribution in [2.45, 2.75) is 0 Å². The first-order chi connectivity index (χ1) is 13.5. The summed E-state index contributed by atoms with van der Waals surface area (Å²) >= 11 is 1.32. The van der Waals surface area contributed by atoms with Gasteiger partial charge in [-0.05, 0) is 0 Å². The molecule has 0 atom stereocenters. The van der Waals surface area contributed by atoms with Gasteiger partial charge in [0.15, 0.2) is 11.5 Å². The maximum Gasteiger partial charge on any atom is 0.340 e. The molecule has 28 heavy (non-hydrogen) atoms. The third-order valence-corrected chi connectivity index (χ3v) is 4.76. The van der Waals surface area contributed by atoms with Crippen molar-refractivity contribution in [3.8, 4) is 22.1 Å². The second-order valence-electron chi connectivity index (χ2n) is 5.64. The summed E-state index contributed by atoms with van der Waals surface area (Å²) in [7, 11) is 5.97. The van der Waals surface area contributed by atoms with Crippen LogP contribution in [0.5, 0.6) is 11.5 Å². The number of methoxy groups -OCH3 is 3. The maximum atomic E-state index is 12.7. The van der Waals surface area contributed by atoms with Gasteiger partial charge in [0.1, 0.15) is 10.7 Å². The molecule has 2 heterocycles. The molecule has 0 aliphatic rings. The van der Waals surface area contributed by atoms with E-state index >= 15 is 0 Å². The van der Waals surface area contributed by atoms with Crippen LogP contribution in [0.2, 0.25) is 0 Å². The molecule has 0 saturated heterocycles. The van der Waals surface area contributed by atoms with Crippen molar-refractivity contribution < 1.29 is 23.8 Å². The first kappa shape index (κ1) is 19.4. The predicted molar refractivity (Wildman–Crippen MR) is 103 cm³/mol. The zero-order valence-corrected chi connectivity index (χ0v) is 16.5. The van der Waals surface area contributed by atoms with Crippen molar-refractivity contribution in [3.05, 3.63) is 41.2 Å². The van der Waals surface area contributed by atoms with Crippen molar-refractivity contribution in [3.63, 3.8) is 0 Å². The van der Waals surface area contributed by atoms with Crippen LogP contribution in [0.4, 0.5) is 5.69 Å². The predicted octanol–water partition coefficient (Wildman–Crippen LogP) is 2.60. The number of benzene rings is 1. The number of hydrogen-bond acceptors (Lipinski definition) is 8. The van der Waals surface area contributed by atoms with E-state index < -0.39 is 11.9 Å². The fourth-order valence-electron chi connectivity index (χ4n) is 2.49. The third-order valence-electron chi connectivity index (χ3n) is 3.87. The Hall–Kier alpha value is -3.40. The normalized spacial score (nSPS) is 10.4. The molecule has 2 aromatic heterocycles. The van der Waals surface area contributed by atoms with Crippen molar-refractivity contribution in [2.24, 2.45) is 7.05 Å². The van der Waals surface area contributed by atoms with Crippen molar-refractivity contribution >= 4 is 28.9 Å². The number of ether oxygens (including phenoxy) is 3. The first-order valence-corrected chi connectivity index (χ1v) is 8.95. The number of hydrogen-bond donors (Lipinski definition) is 1. The summed E-state index contributed by atoms with van der Waals surface area (Å²) in [6, 6.07) is 2.94. The van der Waals surface area contributed by atoms with Gasteiger partial charge in [-0.1, -0.05) is 0 Å². The Morgan fingerprint density at radius 2 is 1.86 bits per heavy atom. The monoisotopic (exact) mass is 402 g/mol. The Balaban J connectivity index is 1.91. The number of anilines is 1. The molecule has 0 saturated carbocycles.